The number of ketones is 1. The van der Waals surface area contributed by atoms with E-state index >= 15 is 0 Å². The lowest BCUT2D eigenvalue weighted by atomic mass is 9.99. The molecule has 0 heterocycles. The number of unbranched alkanes of at least 4 members (excludes halogenated alkanes) is 3. The third-order valence-corrected chi connectivity index (χ3v) is 3.77. The maximum absolute atomic E-state index is 12.6. The van der Waals surface area contributed by atoms with Crippen LogP contribution in [0, 0.1) is 0 Å². The Morgan fingerprint density at radius 2 is 1.70 bits per heavy atom. The number of Topliss-reactive ketones (excluding diaryl/α,β-unsaturated/α-hetero) is 1. The molecule has 2 aromatic rings. The molecule has 1 unspecified atom stereocenters. The molecule has 0 saturated heterocycles. The monoisotopic (exact) mass is 312 g/mol. The first-order valence-electron chi connectivity index (χ1n) is 8.23. The molecule has 3 nitrogen and oxygen atoms in total. The highest BCUT2D eigenvalue weighted by Gasteiger charge is 2.22. The summed E-state index contributed by atoms with van der Waals surface area (Å²) in [6.45, 7) is 2.76. The second kappa shape index (κ2) is 9.11. The van der Waals surface area contributed by atoms with Crippen molar-refractivity contribution in [2.45, 2.75) is 38.7 Å². The summed E-state index contributed by atoms with van der Waals surface area (Å²) >= 11 is 0. The summed E-state index contributed by atoms with van der Waals surface area (Å²) in [7, 11) is 0. The van der Waals surface area contributed by atoms with Gasteiger partial charge in [-0.15, -0.1) is 0 Å². The van der Waals surface area contributed by atoms with Gasteiger partial charge in [-0.1, -0.05) is 68.7 Å². The van der Waals surface area contributed by atoms with Gasteiger partial charge in [0.15, 0.2) is 5.78 Å². The molecule has 3 heteroatoms. The van der Waals surface area contributed by atoms with E-state index in [1.807, 2.05) is 24.3 Å². The molecule has 0 aromatic heterocycles. The Labute approximate surface area is 137 Å². The summed E-state index contributed by atoms with van der Waals surface area (Å²) in [4.78, 5) is 12.6. The average Bonchev–Trinajstić information content (AvgIpc) is 2.61. The van der Waals surface area contributed by atoms with Crippen LogP contribution in [0.3, 0.4) is 0 Å². The third-order valence-electron chi connectivity index (χ3n) is 3.77. The molecule has 0 saturated carbocycles. The van der Waals surface area contributed by atoms with Crippen molar-refractivity contribution < 1.29 is 14.6 Å². The molecule has 0 fully saturated rings. The van der Waals surface area contributed by atoms with E-state index in [2.05, 4.69) is 6.92 Å². The number of aliphatic hydroxyl groups is 1. The van der Waals surface area contributed by atoms with Crippen molar-refractivity contribution in [1.82, 2.24) is 0 Å². The van der Waals surface area contributed by atoms with Gasteiger partial charge in [0.25, 0.3) is 0 Å². The zero-order valence-electron chi connectivity index (χ0n) is 13.6. The number of para-hydroxylation sites is 1. The predicted octanol–water partition coefficient (Wildman–Crippen LogP) is 4.56. The maximum Gasteiger partial charge on any atom is 0.199 e. The number of carbonyl (C=O) groups excluding carboxylic acids is 1. The second-order valence-corrected chi connectivity index (χ2v) is 5.58. The topological polar surface area (TPSA) is 46.5 Å². The lowest BCUT2D eigenvalue weighted by molar-refractivity contribution is 0.0743. The van der Waals surface area contributed by atoms with Gasteiger partial charge in [0.2, 0.25) is 0 Å². The van der Waals surface area contributed by atoms with E-state index in [-0.39, 0.29) is 5.78 Å². The standard InChI is InChI=1S/C20H24O3/c1-2-3-4-10-15-23-18-14-9-8-13-17(18)20(22)19(21)16-11-6-5-7-12-16/h5-9,11-14,19,21H,2-4,10,15H2,1H3. The van der Waals surface area contributed by atoms with Gasteiger partial charge in [-0.05, 0) is 24.1 Å². The smallest absolute Gasteiger partial charge is 0.199 e. The van der Waals surface area contributed by atoms with Crippen LogP contribution in [-0.2, 0) is 0 Å². The minimum atomic E-state index is -1.17. The Balaban J connectivity index is 2.05. The van der Waals surface area contributed by atoms with Crippen LogP contribution in [0.2, 0.25) is 0 Å². The van der Waals surface area contributed by atoms with E-state index in [0.29, 0.717) is 23.5 Å². The van der Waals surface area contributed by atoms with E-state index in [1.165, 1.54) is 12.8 Å². The molecule has 0 spiro atoms. The molecule has 122 valence electrons. The molecule has 0 amide bonds. The summed E-state index contributed by atoms with van der Waals surface area (Å²) in [5, 5.41) is 10.3. The molecular formula is C20H24O3. The lowest BCUT2D eigenvalue weighted by Crippen LogP contribution is -2.14. The number of ether oxygens (including phenoxy) is 1. The van der Waals surface area contributed by atoms with E-state index in [9.17, 15) is 9.90 Å². The normalized spacial score (nSPS) is 11.9. The molecule has 23 heavy (non-hydrogen) atoms. The van der Waals surface area contributed by atoms with Crippen LogP contribution in [0.15, 0.2) is 54.6 Å². The van der Waals surface area contributed by atoms with Crippen molar-refractivity contribution in [1.29, 1.82) is 0 Å². The zero-order valence-corrected chi connectivity index (χ0v) is 13.6. The van der Waals surface area contributed by atoms with Crippen LogP contribution in [0.5, 0.6) is 5.75 Å². The van der Waals surface area contributed by atoms with Crippen molar-refractivity contribution in [2.24, 2.45) is 0 Å². The lowest BCUT2D eigenvalue weighted by Gasteiger charge is -2.14. The quantitative estimate of drug-likeness (QED) is 0.545. The van der Waals surface area contributed by atoms with Gasteiger partial charge < -0.3 is 9.84 Å². The fraction of sp³-hybridized carbons (Fsp3) is 0.350. The van der Waals surface area contributed by atoms with Gasteiger partial charge in [0.05, 0.1) is 12.2 Å². The van der Waals surface area contributed by atoms with Gasteiger partial charge in [-0.2, -0.15) is 0 Å². The van der Waals surface area contributed by atoms with Crippen molar-refractivity contribution in [3.8, 4) is 5.75 Å². The highest BCUT2D eigenvalue weighted by molar-refractivity contribution is 6.02. The Morgan fingerprint density at radius 3 is 2.43 bits per heavy atom. The van der Waals surface area contributed by atoms with E-state index in [1.54, 1.807) is 30.3 Å². The van der Waals surface area contributed by atoms with Crippen LogP contribution in [0.25, 0.3) is 0 Å². The van der Waals surface area contributed by atoms with Crippen molar-refractivity contribution in [3.63, 3.8) is 0 Å². The first-order chi connectivity index (χ1) is 11.2. The number of aliphatic hydroxyl groups excluding tert-OH is 1. The van der Waals surface area contributed by atoms with Gasteiger partial charge in [0, 0.05) is 0 Å². The molecule has 0 aliphatic carbocycles. The van der Waals surface area contributed by atoms with Crippen LogP contribution in [0.4, 0.5) is 0 Å². The number of rotatable bonds is 9. The number of hydrogen-bond acceptors (Lipinski definition) is 3. The Bertz CT molecular complexity index is 607. The first-order valence-corrected chi connectivity index (χ1v) is 8.23. The average molecular weight is 312 g/mol. The Kier molecular flexibility index (Phi) is 6.82. The fourth-order valence-electron chi connectivity index (χ4n) is 2.44. The number of hydrogen-bond donors (Lipinski definition) is 1. The van der Waals surface area contributed by atoms with Crippen molar-refractivity contribution in [3.05, 3.63) is 65.7 Å². The van der Waals surface area contributed by atoms with Gasteiger partial charge in [-0.25, -0.2) is 0 Å². The van der Waals surface area contributed by atoms with Crippen molar-refractivity contribution in [2.75, 3.05) is 6.61 Å². The second-order valence-electron chi connectivity index (χ2n) is 5.58. The number of carbonyl (C=O) groups is 1. The van der Waals surface area contributed by atoms with Gasteiger partial charge in [-0.3, -0.25) is 4.79 Å². The molecule has 1 N–H and O–H groups in total. The third kappa shape index (κ3) is 4.93. The molecule has 2 rings (SSSR count). The molecule has 0 aliphatic rings. The summed E-state index contributed by atoms with van der Waals surface area (Å²) in [6.07, 6.45) is 3.30. The Morgan fingerprint density at radius 1 is 1.00 bits per heavy atom. The highest BCUT2D eigenvalue weighted by Crippen LogP contribution is 2.25. The van der Waals surface area contributed by atoms with E-state index in [4.69, 9.17) is 4.74 Å². The van der Waals surface area contributed by atoms with Gasteiger partial charge >= 0.3 is 0 Å². The summed E-state index contributed by atoms with van der Waals surface area (Å²) in [5.74, 6) is 0.212. The SMILES string of the molecule is CCCCCCOc1ccccc1C(=O)C(O)c1ccccc1. The highest BCUT2D eigenvalue weighted by atomic mass is 16.5. The van der Waals surface area contributed by atoms with Crippen LogP contribution < -0.4 is 4.74 Å². The summed E-state index contributed by atoms with van der Waals surface area (Å²) in [5.41, 5.74) is 1.02. The van der Waals surface area contributed by atoms with Gasteiger partial charge in [0.1, 0.15) is 11.9 Å². The molecular weight excluding hydrogens is 288 g/mol. The van der Waals surface area contributed by atoms with Crippen LogP contribution in [0.1, 0.15) is 54.6 Å². The predicted molar refractivity (Wildman–Crippen MR) is 91.8 cm³/mol. The van der Waals surface area contributed by atoms with Crippen LogP contribution in [-0.4, -0.2) is 17.5 Å². The first kappa shape index (κ1) is 17.2. The molecule has 0 radical (unpaired) electrons. The van der Waals surface area contributed by atoms with Crippen molar-refractivity contribution >= 4 is 5.78 Å². The Hall–Kier alpha value is -2.13. The zero-order chi connectivity index (χ0) is 16.5. The summed E-state index contributed by atoms with van der Waals surface area (Å²) < 4.78 is 5.76. The number of benzene rings is 2. The van der Waals surface area contributed by atoms with E-state index in [0.717, 1.165) is 12.8 Å². The minimum Gasteiger partial charge on any atom is -0.493 e. The molecule has 0 aliphatic heterocycles. The van der Waals surface area contributed by atoms with Crippen LogP contribution >= 0.6 is 0 Å². The maximum atomic E-state index is 12.6. The summed E-state index contributed by atoms with van der Waals surface area (Å²) in [6, 6.07) is 16.1. The largest absolute Gasteiger partial charge is 0.493 e. The minimum absolute atomic E-state index is 0.333. The fourth-order valence-corrected chi connectivity index (χ4v) is 2.44. The molecule has 2 aromatic carbocycles. The molecule has 0 bridgehead atoms. The molecule has 1 atom stereocenters. The van der Waals surface area contributed by atoms with E-state index < -0.39 is 6.10 Å².